The molecule has 1 amide bonds. The molecular weight excluding hydrogens is 276 g/mol. The summed E-state index contributed by atoms with van der Waals surface area (Å²) in [5.41, 5.74) is -0.426. The Labute approximate surface area is 133 Å². The zero-order chi connectivity index (χ0) is 16.2. The van der Waals surface area contributed by atoms with Crippen LogP contribution >= 0.6 is 0 Å². The third-order valence-corrected chi connectivity index (χ3v) is 4.48. The maximum atomic E-state index is 13.0. The van der Waals surface area contributed by atoms with E-state index in [1.807, 2.05) is 16.9 Å². The van der Waals surface area contributed by atoms with Gasteiger partial charge in [-0.05, 0) is 49.8 Å². The number of hydrogen-bond donors (Lipinski definition) is 2. The molecule has 5 heteroatoms. The van der Waals surface area contributed by atoms with E-state index in [1.54, 1.807) is 6.20 Å². The summed E-state index contributed by atoms with van der Waals surface area (Å²) in [5.74, 6) is 0.736. The van der Waals surface area contributed by atoms with Crippen LogP contribution in [0.5, 0.6) is 0 Å². The highest BCUT2D eigenvalue weighted by atomic mass is 16.2. The molecule has 124 valence electrons. The van der Waals surface area contributed by atoms with Gasteiger partial charge in [-0.2, -0.15) is 5.10 Å². The number of carbonyl (C=O) groups excluding carboxylic acids is 1. The molecule has 0 radical (unpaired) electrons. The summed E-state index contributed by atoms with van der Waals surface area (Å²) in [7, 11) is 0. The first kappa shape index (κ1) is 17.0. The van der Waals surface area contributed by atoms with Crippen molar-refractivity contribution in [2.45, 2.75) is 52.5 Å². The van der Waals surface area contributed by atoms with Crippen LogP contribution in [0, 0.1) is 11.3 Å². The smallest absolute Gasteiger partial charge is 0.248 e. The topological polar surface area (TPSA) is 59.0 Å². The van der Waals surface area contributed by atoms with E-state index in [0.717, 1.165) is 32.4 Å². The Morgan fingerprint density at radius 1 is 1.41 bits per heavy atom. The molecule has 2 heterocycles. The van der Waals surface area contributed by atoms with Gasteiger partial charge in [0, 0.05) is 18.9 Å². The number of aromatic nitrogens is 2. The van der Waals surface area contributed by atoms with Gasteiger partial charge in [0.1, 0.15) is 5.54 Å². The fourth-order valence-corrected chi connectivity index (χ4v) is 3.58. The summed E-state index contributed by atoms with van der Waals surface area (Å²) in [6, 6.07) is 1.89. The molecular formula is C17H30N4O. The van der Waals surface area contributed by atoms with Crippen molar-refractivity contribution in [3.63, 3.8) is 0 Å². The lowest BCUT2D eigenvalue weighted by atomic mass is 9.83. The van der Waals surface area contributed by atoms with Gasteiger partial charge < -0.3 is 10.6 Å². The lowest BCUT2D eigenvalue weighted by molar-refractivity contribution is -0.132. The standard InChI is InChI=1S/C17H30N4O/c1-14(2)12-16(3,4)13-19-15(22)17(6-9-18-10-7-17)21-11-5-8-20-21/h5,8,11,14,18H,6-7,9-10,12-13H2,1-4H3,(H,19,22). The summed E-state index contributed by atoms with van der Waals surface area (Å²) in [6.07, 6.45) is 6.32. The van der Waals surface area contributed by atoms with Crippen molar-refractivity contribution in [3.05, 3.63) is 18.5 Å². The second kappa shape index (κ2) is 6.82. The van der Waals surface area contributed by atoms with E-state index in [4.69, 9.17) is 0 Å². The van der Waals surface area contributed by atoms with Crippen LogP contribution in [0.1, 0.15) is 47.0 Å². The summed E-state index contributed by atoms with van der Waals surface area (Å²) < 4.78 is 1.85. The van der Waals surface area contributed by atoms with Gasteiger partial charge in [-0.3, -0.25) is 9.48 Å². The first-order valence-electron chi connectivity index (χ1n) is 8.35. The monoisotopic (exact) mass is 306 g/mol. The first-order valence-corrected chi connectivity index (χ1v) is 8.35. The van der Waals surface area contributed by atoms with Gasteiger partial charge in [-0.25, -0.2) is 0 Å². The Morgan fingerprint density at radius 3 is 2.64 bits per heavy atom. The zero-order valence-electron chi connectivity index (χ0n) is 14.4. The fraction of sp³-hybridized carbons (Fsp3) is 0.765. The molecule has 0 saturated carbocycles. The molecule has 1 aromatic rings. The minimum atomic E-state index is -0.539. The summed E-state index contributed by atoms with van der Waals surface area (Å²) >= 11 is 0. The number of rotatable bonds is 6. The molecule has 0 unspecified atom stereocenters. The summed E-state index contributed by atoms with van der Waals surface area (Å²) in [4.78, 5) is 13.0. The van der Waals surface area contributed by atoms with Crippen LogP contribution in [0.2, 0.25) is 0 Å². The average molecular weight is 306 g/mol. The molecule has 5 nitrogen and oxygen atoms in total. The minimum Gasteiger partial charge on any atom is -0.353 e. The van der Waals surface area contributed by atoms with Crippen LogP contribution < -0.4 is 10.6 Å². The van der Waals surface area contributed by atoms with Crippen LogP contribution in [-0.2, 0) is 10.3 Å². The van der Waals surface area contributed by atoms with Crippen LogP contribution in [-0.4, -0.2) is 35.3 Å². The van der Waals surface area contributed by atoms with Gasteiger partial charge in [0.2, 0.25) is 5.91 Å². The molecule has 1 aromatic heterocycles. The predicted octanol–water partition coefficient (Wildman–Crippen LogP) is 2.15. The van der Waals surface area contributed by atoms with Crippen LogP contribution in [0.4, 0.5) is 0 Å². The van der Waals surface area contributed by atoms with E-state index < -0.39 is 5.54 Å². The molecule has 1 saturated heterocycles. The maximum Gasteiger partial charge on any atom is 0.248 e. The molecule has 1 aliphatic rings. The highest BCUT2D eigenvalue weighted by Gasteiger charge is 2.42. The average Bonchev–Trinajstić information content (AvgIpc) is 2.99. The van der Waals surface area contributed by atoms with E-state index >= 15 is 0 Å². The Hall–Kier alpha value is -1.36. The number of nitrogens with one attached hydrogen (secondary N) is 2. The lowest BCUT2D eigenvalue weighted by Gasteiger charge is -2.37. The number of piperidine rings is 1. The predicted molar refractivity (Wildman–Crippen MR) is 88.6 cm³/mol. The van der Waals surface area contributed by atoms with Gasteiger partial charge in [0.25, 0.3) is 0 Å². The SMILES string of the molecule is CC(C)CC(C)(C)CNC(=O)C1(n2cccn2)CCNCC1. The Morgan fingerprint density at radius 2 is 2.09 bits per heavy atom. The first-order chi connectivity index (χ1) is 10.4. The Kier molecular flexibility index (Phi) is 5.27. The van der Waals surface area contributed by atoms with E-state index in [2.05, 4.69) is 43.4 Å². The highest BCUT2D eigenvalue weighted by Crippen LogP contribution is 2.29. The molecule has 0 spiro atoms. The summed E-state index contributed by atoms with van der Waals surface area (Å²) in [5, 5.41) is 10.9. The molecule has 2 N–H and O–H groups in total. The third-order valence-electron chi connectivity index (χ3n) is 4.48. The maximum absolute atomic E-state index is 13.0. The molecule has 0 aliphatic carbocycles. The van der Waals surface area contributed by atoms with Gasteiger partial charge in [-0.1, -0.05) is 27.7 Å². The molecule has 0 aromatic carbocycles. The van der Waals surface area contributed by atoms with Crippen molar-refractivity contribution in [1.29, 1.82) is 0 Å². The molecule has 1 fully saturated rings. The van der Waals surface area contributed by atoms with Crippen molar-refractivity contribution >= 4 is 5.91 Å². The number of carbonyl (C=O) groups is 1. The van der Waals surface area contributed by atoms with Gasteiger partial charge in [0.15, 0.2) is 0 Å². The molecule has 2 rings (SSSR count). The second-order valence-corrected chi connectivity index (χ2v) is 7.68. The van der Waals surface area contributed by atoms with Crippen molar-refractivity contribution in [2.75, 3.05) is 19.6 Å². The molecule has 0 bridgehead atoms. The van der Waals surface area contributed by atoms with Crippen LogP contribution in [0.3, 0.4) is 0 Å². The molecule has 22 heavy (non-hydrogen) atoms. The normalized spacial score (nSPS) is 18.4. The van der Waals surface area contributed by atoms with Crippen LogP contribution in [0.15, 0.2) is 18.5 Å². The Balaban J connectivity index is 2.07. The van der Waals surface area contributed by atoms with E-state index in [-0.39, 0.29) is 11.3 Å². The molecule has 0 atom stereocenters. The van der Waals surface area contributed by atoms with E-state index in [0.29, 0.717) is 12.5 Å². The highest BCUT2D eigenvalue weighted by molar-refractivity contribution is 5.84. The van der Waals surface area contributed by atoms with Gasteiger partial charge >= 0.3 is 0 Å². The van der Waals surface area contributed by atoms with Crippen molar-refractivity contribution in [3.8, 4) is 0 Å². The van der Waals surface area contributed by atoms with Crippen molar-refractivity contribution in [2.24, 2.45) is 11.3 Å². The molecule has 1 aliphatic heterocycles. The lowest BCUT2D eigenvalue weighted by Crippen LogP contribution is -2.55. The van der Waals surface area contributed by atoms with Crippen LogP contribution in [0.25, 0.3) is 0 Å². The number of amides is 1. The van der Waals surface area contributed by atoms with E-state index in [1.165, 1.54) is 0 Å². The van der Waals surface area contributed by atoms with Gasteiger partial charge in [-0.15, -0.1) is 0 Å². The zero-order valence-corrected chi connectivity index (χ0v) is 14.4. The van der Waals surface area contributed by atoms with E-state index in [9.17, 15) is 4.79 Å². The number of hydrogen-bond acceptors (Lipinski definition) is 3. The largest absolute Gasteiger partial charge is 0.353 e. The van der Waals surface area contributed by atoms with Crippen molar-refractivity contribution in [1.82, 2.24) is 20.4 Å². The Bertz CT molecular complexity index is 473. The second-order valence-electron chi connectivity index (χ2n) is 7.68. The van der Waals surface area contributed by atoms with Gasteiger partial charge in [0.05, 0.1) is 0 Å². The summed E-state index contributed by atoms with van der Waals surface area (Å²) in [6.45, 7) is 11.3. The fourth-order valence-electron chi connectivity index (χ4n) is 3.58. The van der Waals surface area contributed by atoms with Crippen molar-refractivity contribution < 1.29 is 4.79 Å². The third kappa shape index (κ3) is 3.88. The number of nitrogens with zero attached hydrogens (tertiary/aromatic N) is 2. The quantitative estimate of drug-likeness (QED) is 0.846. The minimum absolute atomic E-state index is 0.106.